The Morgan fingerprint density at radius 1 is 1.35 bits per heavy atom. The van der Waals surface area contributed by atoms with Crippen molar-refractivity contribution in [2.24, 2.45) is 0 Å². The Morgan fingerprint density at radius 2 is 2.05 bits per heavy atom. The fourth-order valence-corrected chi connectivity index (χ4v) is 1.97. The van der Waals surface area contributed by atoms with Crippen LogP contribution in [0.15, 0.2) is 18.2 Å². The second kappa shape index (κ2) is 5.03. The predicted octanol–water partition coefficient (Wildman–Crippen LogP) is 1.37. The highest BCUT2D eigenvalue weighted by atomic mass is 19.4. The number of carbonyl (C=O) groups is 2. The Morgan fingerprint density at radius 3 is 2.65 bits per heavy atom. The van der Waals surface area contributed by atoms with Gasteiger partial charge in [0.25, 0.3) is 0 Å². The molecule has 0 radical (unpaired) electrons. The molecule has 2 N–H and O–H groups in total. The van der Waals surface area contributed by atoms with E-state index in [1.807, 2.05) is 0 Å². The summed E-state index contributed by atoms with van der Waals surface area (Å²) in [6.07, 6.45) is -5.01. The van der Waals surface area contributed by atoms with Gasteiger partial charge >= 0.3 is 18.1 Å². The van der Waals surface area contributed by atoms with Gasteiger partial charge in [-0.3, -0.25) is 4.79 Å². The summed E-state index contributed by atoms with van der Waals surface area (Å²) in [5.74, 6) is -2.96. The first-order valence-electron chi connectivity index (χ1n) is 5.64. The third-order valence-electron chi connectivity index (χ3n) is 2.85. The zero-order chi connectivity index (χ0) is 14.9. The standard InChI is InChI=1S/C12H10F3NO4/c13-12(14,15)11(19)16-6-4-8-7(10(17)18)2-1-3-9(8)20-5-6/h1-3,6H,4-5H2,(H,16,19)(H,17,18). The molecular weight excluding hydrogens is 279 g/mol. The van der Waals surface area contributed by atoms with Crippen LogP contribution in [-0.2, 0) is 11.2 Å². The van der Waals surface area contributed by atoms with E-state index in [4.69, 9.17) is 9.84 Å². The van der Waals surface area contributed by atoms with Gasteiger partial charge in [-0.15, -0.1) is 0 Å². The fraction of sp³-hybridized carbons (Fsp3) is 0.333. The number of hydrogen-bond acceptors (Lipinski definition) is 3. The number of carbonyl (C=O) groups excluding carboxylic acids is 1. The maximum absolute atomic E-state index is 12.2. The van der Waals surface area contributed by atoms with E-state index >= 15 is 0 Å². The highest BCUT2D eigenvalue weighted by Gasteiger charge is 2.40. The number of rotatable bonds is 2. The van der Waals surface area contributed by atoms with Gasteiger partial charge in [-0.2, -0.15) is 13.2 Å². The van der Waals surface area contributed by atoms with Gasteiger partial charge in [0.1, 0.15) is 12.4 Å². The quantitative estimate of drug-likeness (QED) is 0.862. The summed E-state index contributed by atoms with van der Waals surface area (Å²) in [6.45, 7) is -0.141. The predicted molar refractivity (Wildman–Crippen MR) is 60.6 cm³/mol. The molecule has 1 amide bonds. The second-order valence-electron chi connectivity index (χ2n) is 4.27. The lowest BCUT2D eigenvalue weighted by Gasteiger charge is -2.27. The minimum absolute atomic E-state index is 0.0281. The number of alkyl halides is 3. The largest absolute Gasteiger partial charge is 0.491 e. The normalized spacial score (nSPS) is 17.9. The molecule has 0 spiro atoms. The van der Waals surface area contributed by atoms with Crippen LogP contribution in [0.25, 0.3) is 0 Å². The fourth-order valence-electron chi connectivity index (χ4n) is 1.97. The molecule has 8 heteroatoms. The van der Waals surface area contributed by atoms with Crippen molar-refractivity contribution in [1.82, 2.24) is 5.32 Å². The average Bonchev–Trinajstić information content (AvgIpc) is 2.36. The van der Waals surface area contributed by atoms with Gasteiger partial charge in [-0.05, 0) is 12.1 Å². The number of amides is 1. The molecule has 1 heterocycles. The van der Waals surface area contributed by atoms with Crippen LogP contribution in [0.3, 0.4) is 0 Å². The maximum atomic E-state index is 12.2. The summed E-state index contributed by atoms with van der Waals surface area (Å²) in [7, 11) is 0. The number of ether oxygens (including phenoxy) is 1. The molecule has 1 aliphatic rings. The number of fused-ring (bicyclic) bond motifs is 1. The molecule has 0 aromatic heterocycles. The highest BCUT2D eigenvalue weighted by molar-refractivity contribution is 5.90. The van der Waals surface area contributed by atoms with Crippen LogP contribution in [0.5, 0.6) is 5.75 Å². The molecule has 0 aliphatic carbocycles. The van der Waals surface area contributed by atoms with Crippen LogP contribution in [0.4, 0.5) is 13.2 Å². The Bertz CT molecular complexity index is 556. The van der Waals surface area contributed by atoms with E-state index in [2.05, 4.69) is 0 Å². The Labute approximate surface area is 111 Å². The smallest absolute Gasteiger partial charge is 0.471 e. The molecule has 108 valence electrons. The van der Waals surface area contributed by atoms with Crippen molar-refractivity contribution in [2.75, 3.05) is 6.61 Å². The van der Waals surface area contributed by atoms with Crippen molar-refractivity contribution < 1.29 is 32.6 Å². The molecule has 1 atom stereocenters. The highest BCUT2D eigenvalue weighted by Crippen LogP contribution is 2.28. The second-order valence-corrected chi connectivity index (χ2v) is 4.27. The van der Waals surface area contributed by atoms with Gasteiger partial charge in [0.05, 0.1) is 11.6 Å². The van der Waals surface area contributed by atoms with Crippen molar-refractivity contribution >= 4 is 11.9 Å². The summed E-state index contributed by atoms with van der Waals surface area (Å²) in [5.41, 5.74) is 0.229. The Kier molecular flexibility index (Phi) is 3.56. The van der Waals surface area contributed by atoms with Gasteiger partial charge in [0.15, 0.2) is 0 Å². The average molecular weight is 289 g/mol. The van der Waals surface area contributed by atoms with Crippen LogP contribution < -0.4 is 10.1 Å². The molecule has 0 bridgehead atoms. The van der Waals surface area contributed by atoms with Crippen LogP contribution >= 0.6 is 0 Å². The summed E-state index contributed by atoms with van der Waals surface area (Å²) in [5, 5.41) is 10.8. The summed E-state index contributed by atoms with van der Waals surface area (Å²) >= 11 is 0. The Hall–Kier alpha value is -2.25. The number of benzene rings is 1. The number of carboxylic acids is 1. The molecule has 0 fully saturated rings. The molecular formula is C12H10F3NO4. The topological polar surface area (TPSA) is 75.6 Å². The zero-order valence-electron chi connectivity index (χ0n) is 10.0. The number of hydrogen-bond donors (Lipinski definition) is 2. The van der Waals surface area contributed by atoms with Crippen molar-refractivity contribution in [3.05, 3.63) is 29.3 Å². The summed E-state index contributed by atoms with van der Waals surface area (Å²) < 4.78 is 41.7. The molecule has 20 heavy (non-hydrogen) atoms. The zero-order valence-corrected chi connectivity index (χ0v) is 10.0. The van der Waals surface area contributed by atoms with Crippen LogP contribution in [0.1, 0.15) is 15.9 Å². The SMILES string of the molecule is O=C(O)c1cccc2c1CC(NC(=O)C(F)(F)F)CO2. The lowest BCUT2D eigenvalue weighted by Crippen LogP contribution is -2.48. The number of aromatic carboxylic acids is 1. The van der Waals surface area contributed by atoms with Crippen molar-refractivity contribution in [3.63, 3.8) is 0 Å². The molecule has 2 rings (SSSR count). The minimum atomic E-state index is -4.98. The van der Waals surface area contributed by atoms with Crippen LogP contribution in [-0.4, -0.2) is 35.8 Å². The summed E-state index contributed by atoms with van der Waals surface area (Å²) in [4.78, 5) is 21.9. The first-order valence-corrected chi connectivity index (χ1v) is 5.64. The molecule has 1 unspecified atom stereocenters. The van der Waals surface area contributed by atoms with Crippen molar-refractivity contribution in [2.45, 2.75) is 18.6 Å². The lowest BCUT2D eigenvalue weighted by molar-refractivity contribution is -0.174. The van der Waals surface area contributed by atoms with Gasteiger partial charge < -0.3 is 15.2 Å². The lowest BCUT2D eigenvalue weighted by atomic mass is 9.97. The van der Waals surface area contributed by atoms with E-state index in [0.717, 1.165) is 0 Å². The molecule has 0 saturated heterocycles. The van der Waals surface area contributed by atoms with E-state index in [9.17, 15) is 22.8 Å². The number of carboxylic acid groups (broad SMARTS) is 1. The molecule has 0 saturated carbocycles. The first kappa shape index (κ1) is 14.2. The molecule has 5 nitrogen and oxygen atoms in total. The molecule has 1 aromatic rings. The van der Waals surface area contributed by atoms with Gasteiger partial charge in [-0.1, -0.05) is 6.07 Å². The van der Waals surface area contributed by atoms with E-state index in [1.165, 1.54) is 18.2 Å². The van der Waals surface area contributed by atoms with E-state index < -0.39 is 24.1 Å². The van der Waals surface area contributed by atoms with E-state index in [-0.39, 0.29) is 24.2 Å². The van der Waals surface area contributed by atoms with Gasteiger partial charge in [0.2, 0.25) is 0 Å². The monoisotopic (exact) mass is 289 g/mol. The maximum Gasteiger partial charge on any atom is 0.471 e. The Balaban J connectivity index is 2.18. The van der Waals surface area contributed by atoms with E-state index in [0.29, 0.717) is 5.75 Å². The van der Waals surface area contributed by atoms with Gasteiger partial charge in [-0.25, -0.2) is 4.79 Å². The van der Waals surface area contributed by atoms with Crippen LogP contribution in [0, 0.1) is 0 Å². The first-order chi connectivity index (χ1) is 9.29. The number of halogens is 3. The molecule has 1 aromatic carbocycles. The number of nitrogens with one attached hydrogen (secondary N) is 1. The van der Waals surface area contributed by atoms with Crippen molar-refractivity contribution in [3.8, 4) is 5.75 Å². The van der Waals surface area contributed by atoms with Crippen LogP contribution in [0.2, 0.25) is 0 Å². The van der Waals surface area contributed by atoms with E-state index in [1.54, 1.807) is 5.32 Å². The third kappa shape index (κ3) is 2.84. The minimum Gasteiger partial charge on any atom is -0.491 e. The molecule has 1 aliphatic heterocycles. The summed E-state index contributed by atoms with van der Waals surface area (Å²) in [6, 6.07) is 3.43. The van der Waals surface area contributed by atoms with Crippen molar-refractivity contribution in [1.29, 1.82) is 0 Å². The third-order valence-corrected chi connectivity index (χ3v) is 2.85. The van der Waals surface area contributed by atoms with Gasteiger partial charge in [0, 0.05) is 12.0 Å².